The van der Waals surface area contributed by atoms with Crippen molar-refractivity contribution < 1.29 is 18.4 Å². The maximum absolute atomic E-state index is 14.6. The van der Waals surface area contributed by atoms with Crippen LogP contribution in [0.15, 0.2) is 41.2 Å². The summed E-state index contributed by atoms with van der Waals surface area (Å²) in [5.41, 5.74) is -0.00122. The van der Waals surface area contributed by atoms with Crippen molar-refractivity contribution in [3.63, 3.8) is 0 Å². The van der Waals surface area contributed by atoms with E-state index in [0.29, 0.717) is 49.9 Å². The SMILES string of the molecule is CCOc1cnc(-c2cccc(N(CC34CCC(c5nc(C6CC6)no5)(CC3)CC4)C(=O)C34CC(F)(C3)C4)c2)nc1. The molecule has 0 radical (unpaired) electrons. The molecule has 0 aliphatic heterocycles. The number of benzene rings is 1. The molecule has 0 spiro atoms. The van der Waals surface area contributed by atoms with Crippen molar-refractivity contribution in [1.29, 1.82) is 0 Å². The summed E-state index contributed by atoms with van der Waals surface area (Å²) in [7, 11) is 0. The summed E-state index contributed by atoms with van der Waals surface area (Å²) < 4.78 is 25.9. The van der Waals surface area contributed by atoms with Gasteiger partial charge >= 0.3 is 0 Å². The molecule has 2 heterocycles. The summed E-state index contributed by atoms with van der Waals surface area (Å²) in [5, 5.41) is 4.31. The fourth-order valence-corrected chi connectivity index (χ4v) is 8.09. The van der Waals surface area contributed by atoms with Crippen LogP contribution in [0.1, 0.15) is 95.2 Å². The van der Waals surface area contributed by atoms with Crippen molar-refractivity contribution >= 4 is 11.6 Å². The second-order valence-electron chi connectivity index (χ2n) is 13.6. The lowest BCUT2D eigenvalue weighted by Gasteiger charge is -2.65. The molecule has 214 valence electrons. The van der Waals surface area contributed by atoms with Gasteiger partial charge in [0, 0.05) is 29.1 Å². The highest BCUT2D eigenvalue weighted by atomic mass is 19.1. The van der Waals surface area contributed by atoms with Gasteiger partial charge in [-0.2, -0.15) is 4.98 Å². The quantitative estimate of drug-likeness (QED) is 0.304. The van der Waals surface area contributed by atoms with E-state index < -0.39 is 11.1 Å². The van der Waals surface area contributed by atoms with Crippen LogP contribution in [0.3, 0.4) is 0 Å². The van der Waals surface area contributed by atoms with Crippen LogP contribution in [0.25, 0.3) is 11.4 Å². The van der Waals surface area contributed by atoms with Gasteiger partial charge < -0.3 is 14.2 Å². The Balaban J connectivity index is 1.06. The van der Waals surface area contributed by atoms with E-state index in [1.165, 1.54) is 0 Å². The van der Waals surface area contributed by atoms with Crippen molar-refractivity contribution in [2.45, 2.75) is 94.6 Å². The minimum absolute atomic E-state index is 0.0271. The van der Waals surface area contributed by atoms with Gasteiger partial charge in [0.15, 0.2) is 17.4 Å². The van der Waals surface area contributed by atoms with Crippen LogP contribution in [0.4, 0.5) is 10.1 Å². The van der Waals surface area contributed by atoms with E-state index >= 15 is 0 Å². The number of halogens is 1. The van der Waals surface area contributed by atoms with Crippen LogP contribution < -0.4 is 9.64 Å². The predicted octanol–water partition coefficient (Wildman–Crippen LogP) is 6.32. The Morgan fingerprint density at radius 2 is 1.78 bits per heavy atom. The molecule has 7 saturated carbocycles. The minimum Gasteiger partial charge on any atom is -0.491 e. The highest BCUT2D eigenvalue weighted by molar-refractivity contribution is 6.00. The van der Waals surface area contributed by atoms with Crippen LogP contribution in [-0.4, -0.2) is 44.8 Å². The molecule has 41 heavy (non-hydrogen) atoms. The lowest BCUT2D eigenvalue weighted by atomic mass is 9.41. The van der Waals surface area contributed by atoms with Crippen molar-refractivity contribution in [2.75, 3.05) is 18.1 Å². The Hall–Kier alpha value is -3.36. The van der Waals surface area contributed by atoms with E-state index in [4.69, 9.17) is 14.2 Å². The van der Waals surface area contributed by atoms with E-state index in [1.54, 1.807) is 12.4 Å². The van der Waals surface area contributed by atoms with E-state index in [2.05, 4.69) is 15.1 Å². The number of ether oxygens (including phenoxy) is 1. The number of hydrogen-bond donors (Lipinski definition) is 0. The molecule has 1 amide bonds. The van der Waals surface area contributed by atoms with Crippen LogP contribution in [0.2, 0.25) is 0 Å². The zero-order valence-electron chi connectivity index (χ0n) is 23.6. The first kappa shape index (κ1) is 25.4. The molecule has 0 saturated heterocycles. The van der Waals surface area contributed by atoms with E-state index in [1.807, 2.05) is 36.1 Å². The molecule has 1 aromatic carbocycles. The molecule has 3 aromatic rings. The van der Waals surface area contributed by atoms with Gasteiger partial charge in [-0.25, -0.2) is 14.4 Å². The normalized spacial score (nSPS) is 33.1. The predicted molar refractivity (Wildman–Crippen MR) is 149 cm³/mol. The third-order valence-electron chi connectivity index (χ3n) is 10.8. The standard InChI is InChI=1S/C32H36FN5O3/c1-2-40-24-15-34-25(35-16-24)22-4-3-5-23(14-22)38(28(39)31-17-32(33,18-31)19-31)20-29-8-11-30(12-9-29,13-10-29)27-36-26(37-41-27)21-6-7-21/h3-5,14-16,21H,2,6-13,17-20H2,1H3. The van der Waals surface area contributed by atoms with Gasteiger partial charge in [-0.3, -0.25) is 4.79 Å². The van der Waals surface area contributed by atoms with Gasteiger partial charge in [-0.05, 0) is 95.1 Å². The second-order valence-corrected chi connectivity index (χ2v) is 13.6. The van der Waals surface area contributed by atoms with Crippen molar-refractivity contribution in [2.24, 2.45) is 10.8 Å². The minimum atomic E-state index is -1.13. The molecule has 7 aliphatic rings. The maximum Gasteiger partial charge on any atom is 0.233 e. The molecule has 7 fully saturated rings. The summed E-state index contributed by atoms with van der Waals surface area (Å²) >= 11 is 0. The highest BCUT2D eigenvalue weighted by Gasteiger charge is 2.73. The van der Waals surface area contributed by atoms with Gasteiger partial charge in [0.05, 0.1) is 24.4 Å². The Morgan fingerprint density at radius 3 is 2.41 bits per heavy atom. The van der Waals surface area contributed by atoms with Gasteiger partial charge in [-0.1, -0.05) is 17.3 Å². The molecule has 0 N–H and O–H groups in total. The largest absolute Gasteiger partial charge is 0.491 e. The first-order valence-corrected chi connectivity index (χ1v) is 15.2. The Kier molecular flexibility index (Phi) is 5.46. The lowest BCUT2D eigenvalue weighted by molar-refractivity contribution is -0.211. The number of fused-ring (bicyclic) bond motifs is 3. The molecule has 7 aliphatic carbocycles. The number of carbonyl (C=O) groups excluding carboxylic acids is 1. The molecular formula is C32H36FN5O3. The van der Waals surface area contributed by atoms with E-state index in [-0.39, 0.29) is 16.7 Å². The van der Waals surface area contributed by atoms with Gasteiger partial charge in [0.2, 0.25) is 11.8 Å². The van der Waals surface area contributed by atoms with Gasteiger partial charge in [0.1, 0.15) is 5.67 Å². The lowest BCUT2D eigenvalue weighted by Crippen LogP contribution is -2.71. The smallest absolute Gasteiger partial charge is 0.233 e. The van der Waals surface area contributed by atoms with Gasteiger partial charge in [-0.15, -0.1) is 0 Å². The topological polar surface area (TPSA) is 94.2 Å². The number of rotatable bonds is 9. The summed E-state index contributed by atoms with van der Waals surface area (Å²) in [6.07, 6.45) is 12.8. The molecule has 9 heteroatoms. The number of alkyl halides is 1. The monoisotopic (exact) mass is 557 g/mol. The van der Waals surface area contributed by atoms with Crippen LogP contribution in [0, 0.1) is 10.8 Å². The van der Waals surface area contributed by atoms with Crippen molar-refractivity contribution in [3.8, 4) is 17.1 Å². The Bertz CT molecular complexity index is 1450. The summed E-state index contributed by atoms with van der Waals surface area (Å²) in [4.78, 5) is 30.0. The number of anilines is 1. The van der Waals surface area contributed by atoms with Crippen molar-refractivity contribution in [1.82, 2.24) is 20.1 Å². The maximum atomic E-state index is 14.6. The molecule has 10 rings (SSSR count). The Morgan fingerprint density at radius 1 is 1.07 bits per heavy atom. The first-order chi connectivity index (χ1) is 19.8. The third kappa shape index (κ3) is 4.09. The number of nitrogens with zero attached hydrogens (tertiary/aromatic N) is 5. The number of carbonyl (C=O) groups is 1. The van der Waals surface area contributed by atoms with Crippen LogP contribution >= 0.6 is 0 Å². The van der Waals surface area contributed by atoms with E-state index in [9.17, 15) is 9.18 Å². The van der Waals surface area contributed by atoms with Gasteiger partial charge in [0.25, 0.3) is 0 Å². The molecule has 0 unspecified atom stereocenters. The zero-order valence-corrected chi connectivity index (χ0v) is 23.6. The molecule has 4 bridgehead atoms. The second kappa shape index (κ2) is 8.82. The molecule has 0 atom stereocenters. The fraction of sp³-hybridized carbons (Fsp3) is 0.594. The Labute approximate surface area is 239 Å². The fourth-order valence-electron chi connectivity index (χ4n) is 8.09. The number of aromatic nitrogens is 4. The summed E-state index contributed by atoms with van der Waals surface area (Å²) in [6, 6.07) is 7.93. The molecule has 2 aromatic heterocycles. The number of hydrogen-bond acceptors (Lipinski definition) is 7. The van der Waals surface area contributed by atoms with Crippen LogP contribution in [-0.2, 0) is 10.2 Å². The third-order valence-corrected chi connectivity index (χ3v) is 10.8. The molecular weight excluding hydrogens is 521 g/mol. The van der Waals surface area contributed by atoms with E-state index in [0.717, 1.165) is 74.3 Å². The summed E-state index contributed by atoms with van der Waals surface area (Å²) in [6.45, 7) is 3.12. The highest BCUT2D eigenvalue weighted by Crippen LogP contribution is 2.70. The first-order valence-electron chi connectivity index (χ1n) is 15.2. The molecule has 8 nitrogen and oxygen atoms in total. The average Bonchev–Trinajstić information content (AvgIpc) is 3.70. The number of amides is 1. The summed E-state index contributed by atoms with van der Waals surface area (Å²) in [5.74, 6) is 3.48. The van der Waals surface area contributed by atoms with Crippen molar-refractivity contribution in [3.05, 3.63) is 48.4 Å². The zero-order chi connectivity index (χ0) is 27.9. The average molecular weight is 558 g/mol. The van der Waals surface area contributed by atoms with Crippen LogP contribution in [0.5, 0.6) is 5.75 Å².